The molecule has 0 saturated heterocycles. The van der Waals surface area contributed by atoms with E-state index in [1.165, 1.54) is 0 Å². The summed E-state index contributed by atoms with van der Waals surface area (Å²) in [5, 5.41) is 0. The number of rotatable bonds is 3. The van der Waals surface area contributed by atoms with Crippen LogP contribution in [0.1, 0.15) is 0 Å². The highest BCUT2D eigenvalue weighted by Crippen LogP contribution is 2.16. The largest absolute Gasteiger partial charge is 0.481 e. The summed E-state index contributed by atoms with van der Waals surface area (Å²) in [6.45, 7) is 0. The van der Waals surface area contributed by atoms with E-state index >= 15 is 0 Å². The highest BCUT2D eigenvalue weighted by Gasteiger charge is 2.06. The molecule has 2 heterocycles. The van der Waals surface area contributed by atoms with Gasteiger partial charge in [0.15, 0.2) is 0 Å². The Hall–Kier alpha value is -2.11. The van der Waals surface area contributed by atoms with Crippen molar-refractivity contribution in [1.82, 2.24) is 19.5 Å². The molecule has 78 valence electrons. The van der Waals surface area contributed by atoms with Gasteiger partial charge in [-0.05, 0) is 0 Å². The standard InChI is InChI=1S/C9H10N4O2/c1-14-7-5-8(15-2)12-9(11-7)13-4-3-10-6-13/h3-6H,1-2H3. The minimum Gasteiger partial charge on any atom is -0.481 e. The van der Waals surface area contributed by atoms with Crippen molar-refractivity contribution >= 4 is 0 Å². The molecule has 0 aliphatic carbocycles. The van der Waals surface area contributed by atoms with Crippen LogP contribution >= 0.6 is 0 Å². The molecule has 0 atom stereocenters. The molecule has 2 aromatic rings. The molecule has 0 aliphatic rings. The van der Waals surface area contributed by atoms with Crippen molar-refractivity contribution in [2.24, 2.45) is 0 Å². The van der Waals surface area contributed by atoms with Gasteiger partial charge in [-0.2, -0.15) is 9.97 Å². The Kier molecular flexibility index (Phi) is 2.49. The highest BCUT2D eigenvalue weighted by atomic mass is 16.5. The number of nitrogens with zero attached hydrogens (tertiary/aromatic N) is 4. The molecule has 0 saturated carbocycles. The fraction of sp³-hybridized carbons (Fsp3) is 0.222. The van der Waals surface area contributed by atoms with Crippen LogP contribution in [0.5, 0.6) is 11.8 Å². The molecule has 0 fully saturated rings. The van der Waals surface area contributed by atoms with Gasteiger partial charge in [0.25, 0.3) is 0 Å². The summed E-state index contributed by atoms with van der Waals surface area (Å²) in [5.41, 5.74) is 0. The lowest BCUT2D eigenvalue weighted by Gasteiger charge is -2.05. The quantitative estimate of drug-likeness (QED) is 0.739. The van der Waals surface area contributed by atoms with Gasteiger partial charge < -0.3 is 9.47 Å². The lowest BCUT2D eigenvalue weighted by molar-refractivity contribution is 0.370. The lowest BCUT2D eigenvalue weighted by Crippen LogP contribution is -2.02. The van der Waals surface area contributed by atoms with Crippen molar-refractivity contribution in [3.63, 3.8) is 0 Å². The van der Waals surface area contributed by atoms with Gasteiger partial charge in [0.1, 0.15) is 6.33 Å². The molecule has 0 bridgehead atoms. The van der Waals surface area contributed by atoms with E-state index in [1.54, 1.807) is 43.6 Å². The zero-order chi connectivity index (χ0) is 10.7. The fourth-order valence-corrected chi connectivity index (χ4v) is 1.09. The summed E-state index contributed by atoms with van der Waals surface area (Å²) in [6.07, 6.45) is 5.00. The third-order valence-electron chi connectivity index (χ3n) is 1.82. The first-order chi connectivity index (χ1) is 7.33. The number of aromatic nitrogens is 4. The van der Waals surface area contributed by atoms with Crippen molar-refractivity contribution < 1.29 is 9.47 Å². The van der Waals surface area contributed by atoms with E-state index in [0.717, 1.165) is 0 Å². The number of hydrogen-bond donors (Lipinski definition) is 0. The molecule has 0 unspecified atom stereocenters. The maximum Gasteiger partial charge on any atom is 0.241 e. The smallest absolute Gasteiger partial charge is 0.241 e. The van der Waals surface area contributed by atoms with E-state index < -0.39 is 0 Å². The zero-order valence-corrected chi connectivity index (χ0v) is 8.41. The number of methoxy groups -OCH3 is 2. The van der Waals surface area contributed by atoms with Crippen LogP contribution in [0, 0.1) is 0 Å². The number of ether oxygens (including phenoxy) is 2. The van der Waals surface area contributed by atoms with E-state index in [9.17, 15) is 0 Å². The minimum absolute atomic E-state index is 0.450. The third kappa shape index (κ3) is 1.88. The summed E-state index contributed by atoms with van der Waals surface area (Å²) in [5.74, 6) is 1.36. The first-order valence-electron chi connectivity index (χ1n) is 4.29. The number of hydrogen-bond acceptors (Lipinski definition) is 5. The Morgan fingerprint density at radius 1 is 1.13 bits per heavy atom. The Morgan fingerprint density at radius 3 is 2.27 bits per heavy atom. The summed E-state index contributed by atoms with van der Waals surface area (Å²) < 4.78 is 11.7. The average Bonchev–Trinajstić information content (AvgIpc) is 2.81. The Bertz CT molecular complexity index is 419. The molecule has 2 aromatic heterocycles. The molecule has 0 aromatic carbocycles. The average molecular weight is 206 g/mol. The monoisotopic (exact) mass is 206 g/mol. The summed E-state index contributed by atoms with van der Waals surface area (Å²) in [7, 11) is 3.08. The third-order valence-corrected chi connectivity index (χ3v) is 1.82. The molecule has 0 radical (unpaired) electrons. The van der Waals surface area contributed by atoms with Crippen LogP contribution in [0.3, 0.4) is 0 Å². The molecule has 15 heavy (non-hydrogen) atoms. The molecule has 0 amide bonds. The molecule has 2 rings (SSSR count). The second-order valence-corrected chi connectivity index (χ2v) is 2.72. The Morgan fingerprint density at radius 2 is 1.80 bits per heavy atom. The van der Waals surface area contributed by atoms with Gasteiger partial charge in [-0.3, -0.25) is 4.57 Å². The zero-order valence-electron chi connectivity index (χ0n) is 8.41. The summed E-state index contributed by atoms with van der Waals surface area (Å²) >= 11 is 0. The van der Waals surface area contributed by atoms with E-state index in [1.807, 2.05) is 0 Å². The predicted molar refractivity (Wildman–Crippen MR) is 52.3 cm³/mol. The van der Waals surface area contributed by atoms with Gasteiger partial charge in [0, 0.05) is 12.4 Å². The van der Waals surface area contributed by atoms with E-state index in [-0.39, 0.29) is 0 Å². The first kappa shape index (κ1) is 9.45. The number of imidazole rings is 1. The maximum absolute atomic E-state index is 5.03. The van der Waals surface area contributed by atoms with Gasteiger partial charge in [0.05, 0.1) is 20.3 Å². The maximum atomic E-state index is 5.03. The van der Waals surface area contributed by atoms with Gasteiger partial charge in [0.2, 0.25) is 17.7 Å². The van der Waals surface area contributed by atoms with Crippen molar-refractivity contribution in [3.8, 4) is 17.7 Å². The fourth-order valence-electron chi connectivity index (χ4n) is 1.09. The Labute approximate surface area is 86.5 Å². The van der Waals surface area contributed by atoms with Crippen LogP contribution in [0.25, 0.3) is 5.95 Å². The van der Waals surface area contributed by atoms with Gasteiger partial charge in [-0.1, -0.05) is 0 Å². The van der Waals surface area contributed by atoms with Crippen LogP contribution in [-0.2, 0) is 0 Å². The first-order valence-corrected chi connectivity index (χ1v) is 4.29. The molecular weight excluding hydrogens is 196 g/mol. The summed E-state index contributed by atoms with van der Waals surface area (Å²) in [4.78, 5) is 12.2. The van der Waals surface area contributed by atoms with Crippen molar-refractivity contribution in [2.45, 2.75) is 0 Å². The van der Waals surface area contributed by atoms with Gasteiger partial charge in [-0.25, -0.2) is 4.98 Å². The predicted octanol–water partition coefficient (Wildman–Crippen LogP) is 0.679. The van der Waals surface area contributed by atoms with Crippen molar-refractivity contribution in [1.29, 1.82) is 0 Å². The molecule has 0 aliphatic heterocycles. The van der Waals surface area contributed by atoms with Crippen molar-refractivity contribution in [3.05, 3.63) is 24.8 Å². The van der Waals surface area contributed by atoms with Crippen LogP contribution in [0.2, 0.25) is 0 Å². The molecule has 0 N–H and O–H groups in total. The van der Waals surface area contributed by atoms with Crippen LogP contribution < -0.4 is 9.47 Å². The SMILES string of the molecule is COc1cc(OC)nc(-n2ccnc2)n1. The van der Waals surface area contributed by atoms with Crippen LogP contribution in [0.15, 0.2) is 24.8 Å². The molecule has 6 heteroatoms. The van der Waals surface area contributed by atoms with Crippen molar-refractivity contribution in [2.75, 3.05) is 14.2 Å². The molecule has 0 spiro atoms. The van der Waals surface area contributed by atoms with E-state index in [2.05, 4.69) is 15.0 Å². The second-order valence-electron chi connectivity index (χ2n) is 2.72. The molecular formula is C9H10N4O2. The lowest BCUT2D eigenvalue weighted by atomic mass is 10.6. The van der Waals surface area contributed by atoms with Gasteiger partial charge >= 0.3 is 0 Å². The minimum atomic E-state index is 0.450. The van der Waals surface area contributed by atoms with Crippen LogP contribution in [-0.4, -0.2) is 33.7 Å². The topological polar surface area (TPSA) is 62.1 Å². The Balaban J connectivity index is 2.47. The molecule has 6 nitrogen and oxygen atoms in total. The van der Waals surface area contributed by atoms with Crippen LogP contribution in [0.4, 0.5) is 0 Å². The van der Waals surface area contributed by atoms with Gasteiger partial charge in [-0.15, -0.1) is 0 Å². The van der Waals surface area contributed by atoms with E-state index in [4.69, 9.17) is 9.47 Å². The van der Waals surface area contributed by atoms with E-state index in [0.29, 0.717) is 17.7 Å². The highest BCUT2D eigenvalue weighted by molar-refractivity contribution is 5.26. The normalized spacial score (nSPS) is 10.0. The summed E-state index contributed by atoms with van der Waals surface area (Å²) in [6, 6.07) is 1.61. The second kappa shape index (κ2) is 3.95.